The molecule has 0 unspecified atom stereocenters. The van der Waals surface area contributed by atoms with Gasteiger partial charge in [0.1, 0.15) is 11.3 Å². The lowest BCUT2D eigenvalue weighted by molar-refractivity contribution is -0.118. The second kappa shape index (κ2) is 9.93. The molecule has 1 aromatic heterocycles. The minimum atomic E-state index is -0.418. The molecule has 8 heteroatoms. The quantitative estimate of drug-likeness (QED) is 0.147. The number of amides is 1. The van der Waals surface area contributed by atoms with Crippen molar-refractivity contribution in [2.75, 3.05) is 5.75 Å². The van der Waals surface area contributed by atoms with E-state index in [1.54, 1.807) is 36.4 Å². The van der Waals surface area contributed by atoms with E-state index in [0.29, 0.717) is 22.1 Å². The van der Waals surface area contributed by atoms with Crippen LogP contribution >= 0.6 is 11.8 Å². The Morgan fingerprint density at radius 2 is 1.91 bits per heavy atom. The maximum atomic E-state index is 12.2. The number of aromatic nitrogens is 1. The van der Waals surface area contributed by atoms with Crippen LogP contribution in [0.5, 0.6) is 5.75 Å². The van der Waals surface area contributed by atoms with Crippen LogP contribution in [0.25, 0.3) is 11.1 Å². The number of esters is 1. The summed E-state index contributed by atoms with van der Waals surface area (Å²) >= 11 is 1.19. The molecule has 1 heterocycles. The number of ether oxygens (including phenoxy) is 1. The van der Waals surface area contributed by atoms with Gasteiger partial charge in [-0.25, -0.2) is 15.2 Å². The minimum absolute atomic E-state index is 0.123. The zero-order chi connectivity index (χ0) is 22.3. The molecular weight excluding hydrogens is 426 g/mol. The Labute approximate surface area is 188 Å². The van der Waals surface area contributed by atoms with E-state index in [0.717, 1.165) is 16.6 Å². The number of benzene rings is 3. The average molecular weight is 446 g/mol. The van der Waals surface area contributed by atoms with Crippen LogP contribution in [0, 0.1) is 6.92 Å². The summed E-state index contributed by atoms with van der Waals surface area (Å²) in [6.07, 6.45) is 1.51. The number of thioether (sulfide) groups is 1. The first-order valence-electron chi connectivity index (χ1n) is 9.76. The van der Waals surface area contributed by atoms with Crippen molar-refractivity contribution >= 4 is 41.0 Å². The number of nitrogens with zero attached hydrogens (tertiary/aromatic N) is 2. The van der Waals surface area contributed by atoms with E-state index in [2.05, 4.69) is 15.5 Å². The van der Waals surface area contributed by atoms with Gasteiger partial charge >= 0.3 is 5.97 Å². The SMILES string of the molecule is Cc1cccc(C(=O)Oc2ccc(/C=N\NC(=O)CSc3nc4ccccc4o3)cc2)c1. The van der Waals surface area contributed by atoms with Crippen LogP contribution in [0.4, 0.5) is 0 Å². The van der Waals surface area contributed by atoms with E-state index >= 15 is 0 Å². The highest BCUT2D eigenvalue weighted by molar-refractivity contribution is 7.99. The fourth-order valence-corrected chi connectivity index (χ4v) is 3.44. The molecule has 0 saturated carbocycles. The first-order chi connectivity index (χ1) is 15.6. The number of aryl methyl sites for hydroxylation is 1. The Bertz CT molecular complexity index is 1250. The van der Waals surface area contributed by atoms with Crippen molar-refractivity contribution in [2.24, 2.45) is 5.10 Å². The summed E-state index contributed by atoms with van der Waals surface area (Å²) in [4.78, 5) is 28.5. The lowest BCUT2D eigenvalue weighted by atomic mass is 10.1. The Hall–Kier alpha value is -3.91. The fourth-order valence-electron chi connectivity index (χ4n) is 2.81. The summed E-state index contributed by atoms with van der Waals surface area (Å²) in [5.41, 5.74) is 6.12. The van der Waals surface area contributed by atoms with Gasteiger partial charge in [0.25, 0.3) is 11.1 Å². The normalized spacial score (nSPS) is 11.0. The summed E-state index contributed by atoms with van der Waals surface area (Å²) in [5.74, 6) is -0.152. The number of hydrogen-bond acceptors (Lipinski definition) is 7. The Morgan fingerprint density at radius 1 is 1.09 bits per heavy atom. The Balaban J connectivity index is 1.25. The van der Waals surface area contributed by atoms with Crippen molar-refractivity contribution in [1.29, 1.82) is 0 Å². The lowest BCUT2D eigenvalue weighted by Gasteiger charge is -2.05. The van der Waals surface area contributed by atoms with Crippen LogP contribution in [0.15, 0.2) is 87.5 Å². The number of rotatable bonds is 7. The monoisotopic (exact) mass is 445 g/mol. The average Bonchev–Trinajstić information content (AvgIpc) is 3.22. The number of carbonyl (C=O) groups excluding carboxylic acids is 2. The zero-order valence-corrected chi connectivity index (χ0v) is 18.0. The number of nitrogens with one attached hydrogen (secondary N) is 1. The number of para-hydroxylation sites is 2. The largest absolute Gasteiger partial charge is 0.431 e. The third-order valence-corrected chi connectivity index (χ3v) is 5.18. The Morgan fingerprint density at radius 3 is 2.69 bits per heavy atom. The van der Waals surface area contributed by atoms with Crippen molar-refractivity contribution < 1.29 is 18.7 Å². The molecule has 4 aromatic rings. The maximum Gasteiger partial charge on any atom is 0.343 e. The molecule has 0 aliphatic carbocycles. The predicted molar refractivity (Wildman–Crippen MR) is 123 cm³/mol. The molecule has 0 fully saturated rings. The van der Waals surface area contributed by atoms with E-state index in [-0.39, 0.29) is 11.7 Å². The van der Waals surface area contributed by atoms with Crippen LogP contribution in [-0.4, -0.2) is 28.8 Å². The summed E-state index contributed by atoms with van der Waals surface area (Å²) in [7, 11) is 0. The van der Waals surface area contributed by atoms with E-state index in [4.69, 9.17) is 9.15 Å². The van der Waals surface area contributed by atoms with Gasteiger partial charge in [-0.1, -0.05) is 41.6 Å². The summed E-state index contributed by atoms with van der Waals surface area (Å²) in [6, 6.07) is 21.4. The van der Waals surface area contributed by atoms with Gasteiger partial charge in [0.05, 0.1) is 17.5 Å². The molecule has 3 aromatic carbocycles. The van der Waals surface area contributed by atoms with Crippen molar-refractivity contribution in [1.82, 2.24) is 10.4 Å². The van der Waals surface area contributed by atoms with E-state index in [1.807, 2.05) is 43.3 Å². The molecule has 32 heavy (non-hydrogen) atoms. The van der Waals surface area contributed by atoms with Crippen LogP contribution in [0.2, 0.25) is 0 Å². The van der Waals surface area contributed by atoms with Crippen molar-refractivity contribution in [3.05, 3.63) is 89.5 Å². The molecular formula is C24H19N3O4S. The smallest absolute Gasteiger partial charge is 0.343 e. The summed E-state index contributed by atoms with van der Waals surface area (Å²) in [6.45, 7) is 1.91. The third kappa shape index (κ3) is 5.61. The van der Waals surface area contributed by atoms with Crippen LogP contribution in [0.1, 0.15) is 21.5 Å². The highest BCUT2D eigenvalue weighted by atomic mass is 32.2. The van der Waals surface area contributed by atoms with Gasteiger partial charge in [-0.05, 0) is 61.0 Å². The fraction of sp³-hybridized carbons (Fsp3) is 0.0833. The van der Waals surface area contributed by atoms with Crippen LogP contribution in [-0.2, 0) is 4.79 Å². The number of hydrazone groups is 1. The molecule has 0 radical (unpaired) electrons. The van der Waals surface area contributed by atoms with Gasteiger partial charge in [-0.2, -0.15) is 5.10 Å². The van der Waals surface area contributed by atoms with Crippen molar-refractivity contribution in [2.45, 2.75) is 12.1 Å². The molecule has 0 atom stereocenters. The molecule has 160 valence electrons. The van der Waals surface area contributed by atoms with Crippen LogP contribution < -0.4 is 10.2 Å². The van der Waals surface area contributed by atoms with E-state index in [1.165, 1.54) is 18.0 Å². The van der Waals surface area contributed by atoms with Crippen molar-refractivity contribution in [3.63, 3.8) is 0 Å². The molecule has 0 bridgehead atoms. The van der Waals surface area contributed by atoms with Gasteiger partial charge in [-0.15, -0.1) is 0 Å². The van der Waals surface area contributed by atoms with E-state index in [9.17, 15) is 9.59 Å². The third-order valence-electron chi connectivity index (χ3n) is 4.35. The zero-order valence-electron chi connectivity index (χ0n) is 17.1. The first-order valence-corrected chi connectivity index (χ1v) is 10.7. The highest BCUT2D eigenvalue weighted by Gasteiger charge is 2.09. The van der Waals surface area contributed by atoms with Gasteiger partial charge in [0.15, 0.2) is 5.58 Å². The van der Waals surface area contributed by atoms with Crippen molar-refractivity contribution in [3.8, 4) is 5.75 Å². The minimum Gasteiger partial charge on any atom is -0.431 e. The topological polar surface area (TPSA) is 93.8 Å². The lowest BCUT2D eigenvalue weighted by Crippen LogP contribution is -2.19. The molecule has 0 aliphatic rings. The Kier molecular flexibility index (Phi) is 6.62. The van der Waals surface area contributed by atoms with Gasteiger partial charge < -0.3 is 9.15 Å². The number of carbonyl (C=O) groups is 2. The standard InChI is InChI=1S/C24H19N3O4S/c1-16-5-4-6-18(13-16)23(29)30-19-11-9-17(10-12-19)14-25-27-22(28)15-32-24-26-20-7-2-3-8-21(20)31-24/h2-14H,15H2,1H3,(H,27,28)/b25-14-. The van der Waals surface area contributed by atoms with Crippen LogP contribution in [0.3, 0.4) is 0 Å². The van der Waals surface area contributed by atoms with Gasteiger partial charge in [0, 0.05) is 0 Å². The molecule has 0 saturated heterocycles. The van der Waals surface area contributed by atoms with Gasteiger partial charge in [-0.3, -0.25) is 4.79 Å². The molecule has 1 amide bonds. The molecule has 1 N–H and O–H groups in total. The maximum absolute atomic E-state index is 12.2. The first kappa shape index (κ1) is 21.3. The molecule has 7 nitrogen and oxygen atoms in total. The van der Waals surface area contributed by atoms with Gasteiger partial charge in [0.2, 0.25) is 0 Å². The number of fused-ring (bicyclic) bond motifs is 1. The van der Waals surface area contributed by atoms with E-state index < -0.39 is 5.97 Å². The second-order valence-corrected chi connectivity index (χ2v) is 7.78. The second-order valence-electron chi connectivity index (χ2n) is 6.86. The molecule has 4 rings (SSSR count). The number of hydrogen-bond donors (Lipinski definition) is 1. The molecule has 0 spiro atoms. The predicted octanol–water partition coefficient (Wildman–Crippen LogP) is 4.60. The molecule has 0 aliphatic heterocycles. The summed E-state index contributed by atoms with van der Waals surface area (Å²) < 4.78 is 10.9. The number of oxazole rings is 1. The highest BCUT2D eigenvalue weighted by Crippen LogP contribution is 2.22. The summed E-state index contributed by atoms with van der Waals surface area (Å²) in [5, 5.41) is 4.38.